The van der Waals surface area contributed by atoms with Crippen molar-refractivity contribution >= 4 is 5.91 Å². The first kappa shape index (κ1) is 17.6. The van der Waals surface area contributed by atoms with Gasteiger partial charge in [0.25, 0.3) is 5.91 Å². The van der Waals surface area contributed by atoms with E-state index < -0.39 is 0 Å². The van der Waals surface area contributed by atoms with Crippen LogP contribution in [-0.4, -0.2) is 80.0 Å². The van der Waals surface area contributed by atoms with Crippen molar-refractivity contribution in [1.82, 2.24) is 39.7 Å². The van der Waals surface area contributed by atoms with Crippen LogP contribution in [0.25, 0.3) is 0 Å². The normalized spacial score (nSPS) is 15.4. The van der Waals surface area contributed by atoms with Crippen LogP contribution in [0.15, 0.2) is 18.6 Å². The number of nitrogens with one attached hydrogen (secondary N) is 1. The zero-order valence-corrected chi connectivity index (χ0v) is 14.9. The lowest BCUT2D eigenvalue weighted by atomic mass is 10.3. The first-order chi connectivity index (χ1) is 12.2. The summed E-state index contributed by atoms with van der Waals surface area (Å²) >= 11 is 0. The number of carbonyl (C=O) groups excluding carboxylic acids is 1. The molecule has 9 nitrogen and oxygen atoms in total. The van der Waals surface area contributed by atoms with Gasteiger partial charge in [0.05, 0.1) is 19.3 Å². The molecule has 3 rings (SSSR count). The molecular weight excluding hydrogens is 320 g/mol. The van der Waals surface area contributed by atoms with Gasteiger partial charge < -0.3 is 14.8 Å². The van der Waals surface area contributed by atoms with Crippen LogP contribution in [0.5, 0.6) is 0 Å². The van der Waals surface area contributed by atoms with Crippen molar-refractivity contribution in [3.8, 4) is 0 Å². The number of hydrogen-bond donors (Lipinski definition) is 1. The first-order valence-corrected chi connectivity index (χ1v) is 8.76. The molecule has 1 aliphatic heterocycles. The molecule has 1 saturated heterocycles. The summed E-state index contributed by atoms with van der Waals surface area (Å²) in [5.41, 5.74) is 0.373. The van der Waals surface area contributed by atoms with Gasteiger partial charge in [-0.15, -0.1) is 5.10 Å². The average molecular weight is 346 g/mol. The molecular formula is C16H26N8O. The third-order valence-electron chi connectivity index (χ3n) is 4.48. The number of rotatable bonds is 7. The molecule has 1 N–H and O–H groups in total. The molecule has 2 aromatic heterocycles. The summed E-state index contributed by atoms with van der Waals surface area (Å²) in [6.45, 7) is 9.15. The van der Waals surface area contributed by atoms with Crippen molar-refractivity contribution < 1.29 is 4.79 Å². The average Bonchev–Trinajstić information content (AvgIpc) is 3.29. The number of hydrogen-bond acceptors (Lipinski definition) is 6. The molecule has 25 heavy (non-hydrogen) atoms. The second-order valence-corrected chi connectivity index (χ2v) is 6.25. The largest absolute Gasteiger partial charge is 0.334 e. The van der Waals surface area contributed by atoms with Crippen LogP contribution >= 0.6 is 0 Å². The van der Waals surface area contributed by atoms with Crippen molar-refractivity contribution in [1.29, 1.82) is 0 Å². The molecule has 136 valence electrons. The highest BCUT2D eigenvalue weighted by Gasteiger charge is 2.18. The number of aromatic nitrogens is 5. The maximum absolute atomic E-state index is 12.5. The highest BCUT2D eigenvalue weighted by Crippen LogP contribution is 2.06. The van der Waals surface area contributed by atoms with E-state index in [9.17, 15) is 4.79 Å². The van der Waals surface area contributed by atoms with E-state index in [0.717, 1.165) is 51.6 Å². The summed E-state index contributed by atoms with van der Waals surface area (Å²) in [5, 5.41) is 11.5. The van der Waals surface area contributed by atoms with Gasteiger partial charge in [-0.3, -0.25) is 14.4 Å². The Hall–Kier alpha value is -2.26. The fourth-order valence-electron chi connectivity index (χ4n) is 2.94. The predicted molar refractivity (Wildman–Crippen MR) is 93.0 cm³/mol. The molecule has 1 aliphatic rings. The van der Waals surface area contributed by atoms with Crippen molar-refractivity contribution in [3.63, 3.8) is 0 Å². The zero-order chi connectivity index (χ0) is 17.6. The van der Waals surface area contributed by atoms with E-state index in [1.54, 1.807) is 29.0 Å². The molecule has 0 atom stereocenters. The van der Waals surface area contributed by atoms with Crippen molar-refractivity contribution in [3.05, 3.63) is 30.1 Å². The van der Waals surface area contributed by atoms with Gasteiger partial charge in [-0.1, -0.05) is 5.21 Å². The summed E-state index contributed by atoms with van der Waals surface area (Å²) in [5.74, 6) is 0.725. The Bertz CT molecular complexity index is 688. The molecule has 0 saturated carbocycles. The van der Waals surface area contributed by atoms with Gasteiger partial charge >= 0.3 is 0 Å². The van der Waals surface area contributed by atoms with Gasteiger partial charge in [-0.25, -0.2) is 4.98 Å². The zero-order valence-electron chi connectivity index (χ0n) is 14.9. The summed E-state index contributed by atoms with van der Waals surface area (Å²) in [6, 6.07) is 0. The molecule has 0 unspecified atom stereocenters. The van der Waals surface area contributed by atoms with E-state index in [2.05, 4.69) is 32.4 Å². The molecule has 0 radical (unpaired) electrons. The van der Waals surface area contributed by atoms with E-state index in [1.165, 1.54) is 0 Å². The maximum atomic E-state index is 12.5. The molecule has 0 spiro atoms. The minimum Gasteiger partial charge on any atom is -0.334 e. The van der Waals surface area contributed by atoms with E-state index >= 15 is 0 Å². The first-order valence-electron chi connectivity index (χ1n) is 8.76. The van der Waals surface area contributed by atoms with E-state index in [4.69, 9.17) is 0 Å². The summed E-state index contributed by atoms with van der Waals surface area (Å²) in [4.78, 5) is 20.9. The Labute approximate surface area is 147 Å². The van der Waals surface area contributed by atoms with Gasteiger partial charge in [0.1, 0.15) is 5.82 Å². The third kappa shape index (κ3) is 4.43. The number of carbonyl (C=O) groups is 1. The fraction of sp³-hybridized carbons (Fsp3) is 0.625. The maximum Gasteiger partial charge on any atom is 0.276 e. The SMILES string of the molecule is CCn1ccnc1CN(C)C(=O)c1cn(CCN2CCNCC2)nn1. The Morgan fingerprint density at radius 2 is 2.12 bits per heavy atom. The summed E-state index contributed by atoms with van der Waals surface area (Å²) < 4.78 is 3.77. The minimum absolute atomic E-state index is 0.140. The molecule has 9 heteroatoms. The molecule has 2 aromatic rings. The second-order valence-electron chi connectivity index (χ2n) is 6.25. The number of amides is 1. The smallest absolute Gasteiger partial charge is 0.276 e. The quantitative estimate of drug-likeness (QED) is 0.739. The van der Waals surface area contributed by atoms with Gasteiger partial charge in [-0.2, -0.15) is 0 Å². The topological polar surface area (TPSA) is 84.1 Å². The standard InChI is InChI=1S/C16H26N8O/c1-3-23-9-6-18-15(23)13-21(2)16(25)14-12-24(20-19-14)11-10-22-7-4-17-5-8-22/h6,9,12,17H,3-5,7-8,10-11,13H2,1-2H3. The second kappa shape index (κ2) is 8.21. The van der Waals surface area contributed by atoms with Crippen LogP contribution in [0.4, 0.5) is 0 Å². The van der Waals surface area contributed by atoms with Crippen LogP contribution in [0.1, 0.15) is 23.2 Å². The lowest BCUT2D eigenvalue weighted by molar-refractivity contribution is 0.0774. The lowest BCUT2D eigenvalue weighted by Gasteiger charge is -2.26. The highest BCUT2D eigenvalue weighted by atomic mass is 16.2. The number of nitrogens with zero attached hydrogens (tertiary/aromatic N) is 7. The molecule has 0 aromatic carbocycles. The number of imidazole rings is 1. The fourth-order valence-corrected chi connectivity index (χ4v) is 2.94. The molecule has 0 aliphatic carbocycles. The Morgan fingerprint density at radius 3 is 2.88 bits per heavy atom. The van der Waals surface area contributed by atoms with E-state index in [-0.39, 0.29) is 5.91 Å². The summed E-state index contributed by atoms with van der Waals surface area (Å²) in [7, 11) is 1.76. The minimum atomic E-state index is -0.140. The molecule has 3 heterocycles. The van der Waals surface area contributed by atoms with Crippen LogP contribution in [0.3, 0.4) is 0 Å². The van der Waals surface area contributed by atoms with Crippen molar-refractivity contribution in [2.75, 3.05) is 39.8 Å². The van der Waals surface area contributed by atoms with Crippen molar-refractivity contribution in [2.45, 2.75) is 26.6 Å². The Balaban J connectivity index is 1.54. The van der Waals surface area contributed by atoms with Crippen LogP contribution in [0, 0.1) is 0 Å². The van der Waals surface area contributed by atoms with Crippen LogP contribution in [0.2, 0.25) is 0 Å². The third-order valence-corrected chi connectivity index (χ3v) is 4.48. The lowest BCUT2D eigenvalue weighted by Crippen LogP contribution is -2.44. The number of piperazine rings is 1. The summed E-state index contributed by atoms with van der Waals surface area (Å²) in [6.07, 6.45) is 5.40. The van der Waals surface area contributed by atoms with Gasteiger partial charge in [0.15, 0.2) is 5.69 Å². The highest BCUT2D eigenvalue weighted by molar-refractivity contribution is 5.91. The molecule has 1 amide bonds. The van der Waals surface area contributed by atoms with Gasteiger partial charge in [-0.05, 0) is 6.92 Å². The van der Waals surface area contributed by atoms with Crippen LogP contribution in [-0.2, 0) is 19.6 Å². The monoisotopic (exact) mass is 346 g/mol. The number of aryl methyl sites for hydroxylation is 1. The Kier molecular flexibility index (Phi) is 5.77. The molecule has 1 fully saturated rings. The molecule has 0 bridgehead atoms. The van der Waals surface area contributed by atoms with Gasteiger partial charge in [0, 0.05) is 58.7 Å². The van der Waals surface area contributed by atoms with Crippen molar-refractivity contribution in [2.24, 2.45) is 0 Å². The Morgan fingerprint density at radius 1 is 1.32 bits per heavy atom. The van der Waals surface area contributed by atoms with Gasteiger partial charge in [0.2, 0.25) is 0 Å². The van der Waals surface area contributed by atoms with E-state index in [0.29, 0.717) is 12.2 Å². The van der Waals surface area contributed by atoms with E-state index in [1.807, 2.05) is 10.8 Å². The predicted octanol–water partition coefficient (Wildman–Crippen LogP) is -0.328. The van der Waals surface area contributed by atoms with Crippen LogP contribution < -0.4 is 5.32 Å².